The van der Waals surface area contributed by atoms with Crippen molar-refractivity contribution in [2.75, 3.05) is 0 Å². The lowest BCUT2D eigenvalue weighted by molar-refractivity contribution is 0.276. The highest BCUT2D eigenvalue weighted by Crippen LogP contribution is 2.27. The van der Waals surface area contributed by atoms with Gasteiger partial charge in [-0.1, -0.05) is 6.07 Å². The number of aliphatic hydroxyl groups is 1. The van der Waals surface area contributed by atoms with Crippen LogP contribution in [0.1, 0.15) is 35.7 Å². The number of furan rings is 1. The Hall–Kier alpha value is -1.70. The van der Waals surface area contributed by atoms with Crippen LogP contribution in [-0.2, 0) is 16.6 Å². The minimum atomic E-state index is -3.80. The van der Waals surface area contributed by atoms with E-state index in [0.29, 0.717) is 11.5 Å². The Kier molecular flexibility index (Phi) is 4.46. The van der Waals surface area contributed by atoms with E-state index in [-0.39, 0.29) is 16.2 Å². The number of hydrogen-bond donors (Lipinski definition) is 2. The molecular weight excluding hydrogens is 292 g/mol. The van der Waals surface area contributed by atoms with Crippen LogP contribution in [0, 0.1) is 13.8 Å². The molecule has 2 N–H and O–H groups in total. The van der Waals surface area contributed by atoms with Crippen LogP contribution in [0.2, 0.25) is 0 Å². The molecule has 0 saturated heterocycles. The molecule has 0 amide bonds. The van der Waals surface area contributed by atoms with Gasteiger partial charge in [-0.15, -0.1) is 0 Å². The fourth-order valence-corrected chi connectivity index (χ4v) is 3.89. The van der Waals surface area contributed by atoms with Crippen molar-refractivity contribution in [2.45, 2.75) is 38.3 Å². The summed E-state index contributed by atoms with van der Waals surface area (Å²) in [7, 11) is -3.80. The third-order valence-electron chi connectivity index (χ3n) is 3.22. The first-order valence-electron chi connectivity index (χ1n) is 6.49. The average Bonchev–Trinajstić information content (AvgIpc) is 2.73. The van der Waals surface area contributed by atoms with Gasteiger partial charge in [0.05, 0.1) is 18.3 Å². The summed E-state index contributed by atoms with van der Waals surface area (Å²) in [6.45, 7) is 4.50. The number of aryl methyl sites for hydroxylation is 2. The van der Waals surface area contributed by atoms with Gasteiger partial charge in [-0.3, -0.25) is 4.98 Å². The lowest BCUT2D eigenvalue weighted by atomic mass is 10.2. The van der Waals surface area contributed by atoms with Crippen LogP contribution in [-0.4, -0.2) is 18.5 Å². The Labute approximate surface area is 123 Å². The fraction of sp³-hybridized carbons (Fsp3) is 0.357. The Morgan fingerprint density at radius 1 is 1.33 bits per heavy atom. The third-order valence-corrected chi connectivity index (χ3v) is 4.95. The molecule has 2 heterocycles. The molecule has 0 aliphatic rings. The Morgan fingerprint density at radius 3 is 2.62 bits per heavy atom. The van der Waals surface area contributed by atoms with Crippen LogP contribution in [0.25, 0.3) is 0 Å². The maximum atomic E-state index is 12.5. The summed E-state index contributed by atoms with van der Waals surface area (Å²) in [4.78, 5) is 4.13. The van der Waals surface area contributed by atoms with E-state index in [1.807, 2.05) is 0 Å². The second kappa shape index (κ2) is 5.97. The van der Waals surface area contributed by atoms with Crippen LogP contribution in [0.4, 0.5) is 0 Å². The third kappa shape index (κ3) is 3.15. The first-order valence-corrected chi connectivity index (χ1v) is 7.98. The summed E-state index contributed by atoms with van der Waals surface area (Å²) in [6, 6.07) is 4.81. The number of pyridine rings is 1. The highest BCUT2D eigenvalue weighted by atomic mass is 32.2. The van der Waals surface area contributed by atoms with E-state index < -0.39 is 22.7 Å². The van der Waals surface area contributed by atoms with Gasteiger partial charge in [0, 0.05) is 11.8 Å². The molecule has 6 nitrogen and oxygen atoms in total. The molecular formula is C14H18N2O4S. The predicted molar refractivity (Wildman–Crippen MR) is 77.1 cm³/mol. The number of sulfonamides is 1. The zero-order valence-corrected chi connectivity index (χ0v) is 12.9. The second-order valence-electron chi connectivity index (χ2n) is 4.78. The quantitative estimate of drug-likeness (QED) is 0.879. The predicted octanol–water partition coefficient (Wildman–Crippen LogP) is 1.82. The molecule has 0 saturated carbocycles. The van der Waals surface area contributed by atoms with E-state index in [1.165, 1.54) is 0 Å². The summed E-state index contributed by atoms with van der Waals surface area (Å²) >= 11 is 0. The van der Waals surface area contributed by atoms with Crippen molar-refractivity contribution in [3.8, 4) is 0 Å². The van der Waals surface area contributed by atoms with Crippen molar-refractivity contribution in [1.82, 2.24) is 9.71 Å². The van der Waals surface area contributed by atoms with Crippen LogP contribution in [0.5, 0.6) is 0 Å². The lowest BCUT2D eigenvalue weighted by Gasteiger charge is -2.14. The average molecular weight is 310 g/mol. The lowest BCUT2D eigenvalue weighted by Crippen LogP contribution is -2.28. The number of nitrogens with one attached hydrogen (secondary N) is 1. The fourth-order valence-electron chi connectivity index (χ4n) is 2.23. The van der Waals surface area contributed by atoms with Gasteiger partial charge in [0.25, 0.3) is 0 Å². The monoisotopic (exact) mass is 310 g/mol. The molecule has 0 bridgehead atoms. The molecule has 0 spiro atoms. The Morgan fingerprint density at radius 2 is 2.05 bits per heavy atom. The van der Waals surface area contributed by atoms with Gasteiger partial charge in [-0.05, 0) is 32.9 Å². The SMILES string of the molecule is Cc1oc(C)c(S(=O)(=O)NC(C)c2ccccn2)c1CO. The zero-order chi connectivity index (χ0) is 15.6. The normalized spacial score (nSPS) is 13.3. The van der Waals surface area contributed by atoms with Crippen molar-refractivity contribution in [3.63, 3.8) is 0 Å². The van der Waals surface area contributed by atoms with E-state index in [0.717, 1.165) is 0 Å². The standard InChI is InChI=1S/C14H18N2O4S/c1-9(13-6-4-5-7-15-13)16-21(18,19)14-11(3)20-10(2)12(14)8-17/h4-7,9,16-17H,8H2,1-3H3. The molecule has 7 heteroatoms. The van der Waals surface area contributed by atoms with Crippen molar-refractivity contribution < 1.29 is 17.9 Å². The number of aliphatic hydroxyl groups excluding tert-OH is 1. The maximum Gasteiger partial charge on any atom is 0.245 e. The second-order valence-corrected chi connectivity index (χ2v) is 6.43. The van der Waals surface area contributed by atoms with Gasteiger partial charge < -0.3 is 9.52 Å². The molecule has 0 radical (unpaired) electrons. The smallest absolute Gasteiger partial charge is 0.245 e. The van der Waals surface area contributed by atoms with Gasteiger partial charge in [-0.2, -0.15) is 0 Å². The van der Waals surface area contributed by atoms with E-state index in [9.17, 15) is 13.5 Å². The highest BCUT2D eigenvalue weighted by molar-refractivity contribution is 7.89. The molecule has 21 heavy (non-hydrogen) atoms. The van der Waals surface area contributed by atoms with Crippen molar-refractivity contribution in [3.05, 3.63) is 47.2 Å². The molecule has 2 aromatic heterocycles. The largest absolute Gasteiger partial charge is 0.465 e. The zero-order valence-electron chi connectivity index (χ0n) is 12.1. The first-order chi connectivity index (χ1) is 9.86. The summed E-state index contributed by atoms with van der Waals surface area (Å²) in [5, 5.41) is 9.36. The highest BCUT2D eigenvalue weighted by Gasteiger charge is 2.28. The summed E-state index contributed by atoms with van der Waals surface area (Å²) in [6.07, 6.45) is 1.60. The molecule has 1 atom stereocenters. The molecule has 0 aliphatic carbocycles. The Balaban J connectivity index is 2.36. The summed E-state index contributed by atoms with van der Waals surface area (Å²) in [5.41, 5.74) is 0.901. The van der Waals surface area contributed by atoms with Crippen LogP contribution in [0.15, 0.2) is 33.7 Å². The number of nitrogens with zero attached hydrogens (tertiary/aromatic N) is 1. The minimum Gasteiger partial charge on any atom is -0.465 e. The van der Waals surface area contributed by atoms with E-state index in [2.05, 4.69) is 9.71 Å². The first kappa shape index (κ1) is 15.7. The van der Waals surface area contributed by atoms with Crippen molar-refractivity contribution in [2.24, 2.45) is 0 Å². The molecule has 0 fully saturated rings. The van der Waals surface area contributed by atoms with E-state index in [4.69, 9.17) is 4.42 Å². The summed E-state index contributed by atoms with van der Waals surface area (Å²) < 4.78 is 32.9. The molecule has 1 unspecified atom stereocenters. The van der Waals surface area contributed by atoms with Gasteiger partial charge in [-0.25, -0.2) is 13.1 Å². The van der Waals surface area contributed by atoms with Crippen LogP contribution in [0.3, 0.4) is 0 Å². The van der Waals surface area contributed by atoms with Gasteiger partial charge >= 0.3 is 0 Å². The van der Waals surface area contributed by atoms with Gasteiger partial charge in [0.2, 0.25) is 10.0 Å². The Bertz CT molecular complexity index is 723. The molecule has 2 rings (SSSR count). The maximum absolute atomic E-state index is 12.5. The van der Waals surface area contributed by atoms with E-state index in [1.54, 1.807) is 45.2 Å². The van der Waals surface area contributed by atoms with E-state index >= 15 is 0 Å². The minimum absolute atomic E-state index is 0.00489. The molecule has 114 valence electrons. The van der Waals surface area contributed by atoms with Crippen molar-refractivity contribution in [1.29, 1.82) is 0 Å². The summed E-state index contributed by atoms with van der Waals surface area (Å²) in [5.74, 6) is 0.665. The molecule has 2 aromatic rings. The number of aromatic nitrogens is 1. The van der Waals surface area contributed by atoms with Gasteiger partial charge in [0.15, 0.2) is 0 Å². The van der Waals surface area contributed by atoms with Crippen LogP contribution >= 0.6 is 0 Å². The van der Waals surface area contributed by atoms with Crippen molar-refractivity contribution >= 4 is 10.0 Å². The number of hydrogen-bond acceptors (Lipinski definition) is 5. The molecule has 0 aromatic carbocycles. The topological polar surface area (TPSA) is 92.4 Å². The molecule has 0 aliphatic heterocycles. The number of rotatable bonds is 5. The van der Waals surface area contributed by atoms with Gasteiger partial charge in [0.1, 0.15) is 16.4 Å². The van der Waals surface area contributed by atoms with Crippen LogP contribution < -0.4 is 4.72 Å².